The first-order valence-electron chi connectivity index (χ1n) is 5.93. The highest BCUT2D eigenvalue weighted by Gasteiger charge is 2.66. The summed E-state index contributed by atoms with van der Waals surface area (Å²) in [6.07, 6.45) is -1.88. The maximum absolute atomic E-state index is 13.1. The molecular formula is C9H10F2O8S2. The molecule has 3 fully saturated rings. The van der Waals surface area contributed by atoms with Crippen molar-refractivity contribution in [3.8, 4) is 0 Å². The van der Waals surface area contributed by atoms with Crippen LogP contribution in [0.4, 0.5) is 8.78 Å². The summed E-state index contributed by atoms with van der Waals surface area (Å²) in [7, 11) is -9.77. The topological polar surface area (TPSA) is 124 Å². The lowest BCUT2D eigenvalue weighted by atomic mass is 9.94. The van der Waals surface area contributed by atoms with Gasteiger partial charge in [-0.3, -0.25) is 8.74 Å². The Morgan fingerprint density at radius 2 is 1.95 bits per heavy atom. The van der Waals surface area contributed by atoms with E-state index in [9.17, 15) is 30.4 Å². The number of alkyl halides is 2. The average Bonchev–Trinajstić information content (AvgIpc) is 2.91. The lowest BCUT2D eigenvalue weighted by Crippen LogP contribution is -2.45. The first kappa shape index (κ1) is 15.1. The lowest BCUT2D eigenvalue weighted by molar-refractivity contribution is -0.173. The SMILES string of the molecule is O=C(OC1C2CC3C1OS(=O)(=O)[C@H]3C2)C(F)(F)S(=O)(=O)O. The first-order chi connectivity index (χ1) is 9.45. The van der Waals surface area contributed by atoms with Gasteiger partial charge in [0.2, 0.25) is 0 Å². The Labute approximate surface area is 118 Å². The van der Waals surface area contributed by atoms with Crippen molar-refractivity contribution in [1.29, 1.82) is 0 Å². The highest BCUT2D eigenvalue weighted by atomic mass is 32.2. The number of carbonyl (C=O) groups excluding carboxylic acids is 1. The molecule has 21 heavy (non-hydrogen) atoms. The number of hydrogen-bond acceptors (Lipinski definition) is 7. The van der Waals surface area contributed by atoms with Gasteiger partial charge in [0.05, 0.1) is 5.25 Å². The minimum absolute atomic E-state index is 0.110. The van der Waals surface area contributed by atoms with Crippen molar-refractivity contribution in [3.05, 3.63) is 0 Å². The van der Waals surface area contributed by atoms with Crippen molar-refractivity contribution in [1.82, 2.24) is 0 Å². The van der Waals surface area contributed by atoms with E-state index >= 15 is 0 Å². The minimum atomic E-state index is -5.96. The third kappa shape index (κ3) is 1.99. The van der Waals surface area contributed by atoms with Crippen molar-refractivity contribution in [2.75, 3.05) is 0 Å². The minimum Gasteiger partial charge on any atom is -0.454 e. The molecule has 0 aromatic heterocycles. The second-order valence-corrected chi connectivity index (χ2v) is 8.60. The molecule has 1 aliphatic heterocycles. The van der Waals surface area contributed by atoms with Gasteiger partial charge in [-0.15, -0.1) is 0 Å². The number of halogens is 2. The first-order valence-corrected chi connectivity index (χ1v) is 8.84. The molecule has 1 heterocycles. The maximum atomic E-state index is 13.1. The van der Waals surface area contributed by atoms with Crippen LogP contribution in [0.5, 0.6) is 0 Å². The molecule has 8 nitrogen and oxygen atoms in total. The van der Waals surface area contributed by atoms with Crippen molar-refractivity contribution in [3.63, 3.8) is 0 Å². The number of rotatable bonds is 3. The molecule has 3 aliphatic rings. The second-order valence-electron chi connectivity index (χ2n) is 5.35. The Morgan fingerprint density at radius 1 is 1.33 bits per heavy atom. The van der Waals surface area contributed by atoms with Crippen LogP contribution in [0, 0.1) is 11.8 Å². The van der Waals surface area contributed by atoms with Crippen LogP contribution in [-0.2, 0) is 34.0 Å². The number of ether oxygens (including phenoxy) is 1. The molecule has 2 bridgehead atoms. The predicted octanol–water partition coefficient (Wildman–Crippen LogP) is -0.484. The van der Waals surface area contributed by atoms with Crippen LogP contribution >= 0.6 is 0 Å². The highest BCUT2D eigenvalue weighted by Crippen LogP contribution is 2.55. The highest BCUT2D eigenvalue weighted by molar-refractivity contribution is 7.88. The zero-order chi connectivity index (χ0) is 15.8. The molecule has 0 spiro atoms. The second kappa shape index (κ2) is 4.12. The van der Waals surface area contributed by atoms with Gasteiger partial charge in [0, 0.05) is 11.8 Å². The smallest absolute Gasteiger partial charge is 0.454 e. The van der Waals surface area contributed by atoms with Gasteiger partial charge in [0.1, 0.15) is 12.2 Å². The van der Waals surface area contributed by atoms with Gasteiger partial charge in [-0.25, -0.2) is 4.79 Å². The molecule has 12 heteroatoms. The van der Waals surface area contributed by atoms with Crippen molar-refractivity contribution < 1.29 is 43.9 Å². The van der Waals surface area contributed by atoms with Gasteiger partial charge in [-0.05, 0) is 12.8 Å². The van der Waals surface area contributed by atoms with Gasteiger partial charge in [0.25, 0.3) is 10.1 Å². The van der Waals surface area contributed by atoms with E-state index in [1.54, 1.807) is 0 Å². The summed E-state index contributed by atoms with van der Waals surface area (Å²) >= 11 is 0. The Morgan fingerprint density at radius 3 is 2.52 bits per heavy atom. The van der Waals surface area contributed by atoms with E-state index in [-0.39, 0.29) is 6.42 Å². The van der Waals surface area contributed by atoms with Gasteiger partial charge in [-0.2, -0.15) is 25.6 Å². The summed E-state index contributed by atoms with van der Waals surface area (Å²) in [5.41, 5.74) is 0. The van der Waals surface area contributed by atoms with E-state index in [4.69, 9.17) is 8.74 Å². The molecule has 120 valence electrons. The largest absolute Gasteiger partial charge is 0.465 e. The summed E-state index contributed by atoms with van der Waals surface area (Å²) in [6.45, 7) is 0. The Bertz CT molecular complexity index is 699. The number of fused-ring (bicyclic) bond motifs is 1. The molecule has 0 aromatic rings. The van der Waals surface area contributed by atoms with Crippen molar-refractivity contribution in [2.24, 2.45) is 11.8 Å². The number of hydrogen-bond donors (Lipinski definition) is 1. The molecule has 1 saturated heterocycles. The van der Waals surface area contributed by atoms with E-state index in [1.165, 1.54) is 0 Å². The van der Waals surface area contributed by atoms with E-state index in [1.807, 2.05) is 0 Å². The van der Waals surface area contributed by atoms with Crippen molar-refractivity contribution >= 4 is 26.2 Å². The van der Waals surface area contributed by atoms with Gasteiger partial charge in [0.15, 0.2) is 0 Å². The van der Waals surface area contributed by atoms with Gasteiger partial charge < -0.3 is 4.74 Å². The van der Waals surface area contributed by atoms with Crippen LogP contribution < -0.4 is 0 Å². The van der Waals surface area contributed by atoms with Crippen LogP contribution in [-0.4, -0.2) is 50.1 Å². The Balaban J connectivity index is 1.81. The predicted molar refractivity (Wildman–Crippen MR) is 60.2 cm³/mol. The Hall–Kier alpha value is -0.850. The van der Waals surface area contributed by atoms with Crippen LogP contribution in [0.3, 0.4) is 0 Å². The summed E-state index contributed by atoms with van der Waals surface area (Å²) in [5.74, 6) is -3.37. The van der Waals surface area contributed by atoms with Crippen LogP contribution in [0.2, 0.25) is 0 Å². The molecule has 0 radical (unpaired) electrons. The summed E-state index contributed by atoms with van der Waals surface area (Å²) in [5, 5.41) is -5.84. The van der Waals surface area contributed by atoms with E-state index < -0.39 is 60.8 Å². The molecule has 3 rings (SSSR count). The number of esters is 1. The summed E-state index contributed by atoms with van der Waals surface area (Å²) in [6, 6.07) is 0. The average molecular weight is 348 g/mol. The lowest BCUT2D eigenvalue weighted by Gasteiger charge is -2.25. The molecule has 0 aromatic carbocycles. The summed E-state index contributed by atoms with van der Waals surface area (Å²) in [4.78, 5) is 11.3. The van der Waals surface area contributed by atoms with Crippen LogP contribution in [0.1, 0.15) is 12.8 Å². The molecule has 0 amide bonds. The van der Waals surface area contributed by atoms with Crippen LogP contribution in [0.15, 0.2) is 0 Å². The quantitative estimate of drug-likeness (QED) is 0.412. The molecule has 4 unspecified atom stereocenters. The van der Waals surface area contributed by atoms with E-state index in [0.29, 0.717) is 6.42 Å². The van der Waals surface area contributed by atoms with Gasteiger partial charge >= 0.3 is 21.3 Å². The molecular weight excluding hydrogens is 338 g/mol. The normalized spacial score (nSPS) is 40.4. The summed E-state index contributed by atoms with van der Waals surface area (Å²) < 4.78 is 88.0. The molecule has 2 saturated carbocycles. The van der Waals surface area contributed by atoms with Crippen molar-refractivity contribution in [2.45, 2.75) is 35.6 Å². The Kier molecular flexibility index (Phi) is 2.95. The zero-order valence-electron chi connectivity index (χ0n) is 10.2. The monoisotopic (exact) mass is 348 g/mol. The number of carbonyl (C=O) groups is 1. The zero-order valence-corrected chi connectivity index (χ0v) is 11.8. The van der Waals surface area contributed by atoms with E-state index in [0.717, 1.165) is 0 Å². The third-order valence-electron chi connectivity index (χ3n) is 4.22. The molecule has 2 aliphatic carbocycles. The fourth-order valence-electron chi connectivity index (χ4n) is 3.34. The van der Waals surface area contributed by atoms with Crippen LogP contribution in [0.25, 0.3) is 0 Å². The maximum Gasteiger partial charge on any atom is 0.465 e. The van der Waals surface area contributed by atoms with Gasteiger partial charge in [-0.1, -0.05) is 0 Å². The fraction of sp³-hybridized carbons (Fsp3) is 0.889. The standard InChI is InChI=1S/C9H10F2O8S2/c10-9(11,21(15,16)17)8(12)18-6-3-1-4-5(2-3)20(13,14)19-7(4)6/h3-7H,1-2H2,(H,15,16,17)/t3?,4?,5-,6?,7?/m0/s1. The fourth-order valence-corrected chi connectivity index (χ4v) is 5.48. The third-order valence-corrected chi connectivity index (χ3v) is 6.81. The molecule has 5 atom stereocenters. The molecule has 1 N–H and O–H groups in total. The van der Waals surface area contributed by atoms with E-state index in [2.05, 4.69) is 4.74 Å².